The molecule has 1 aliphatic heterocycles. The van der Waals surface area contributed by atoms with Gasteiger partial charge in [0.15, 0.2) is 5.82 Å². The van der Waals surface area contributed by atoms with Crippen LogP contribution in [0.15, 0.2) is 36.7 Å². The zero-order chi connectivity index (χ0) is 22.8. The van der Waals surface area contributed by atoms with Crippen LogP contribution in [-0.2, 0) is 4.79 Å². The molecule has 3 heterocycles. The largest absolute Gasteiger partial charge is 0.394 e. The minimum Gasteiger partial charge on any atom is -0.394 e. The summed E-state index contributed by atoms with van der Waals surface area (Å²) >= 11 is 0. The van der Waals surface area contributed by atoms with E-state index in [1.807, 2.05) is 12.3 Å². The molecule has 1 saturated heterocycles. The summed E-state index contributed by atoms with van der Waals surface area (Å²) in [6, 6.07) is 10.3. The van der Waals surface area contributed by atoms with Gasteiger partial charge < -0.3 is 15.5 Å². The number of rotatable bonds is 4. The number of nitrogens with zero attached hydrogens (tertiary/aromatic N) is 6. The van der Waals surface area contributed by atoms with Crippen LogP contribution >= 0.6 is 0 Å². The normalized spacial score (nSPS) is 17.3. The number of nitrogens with two attached hydrogens (primary N) is 1. The third-order valence-corrected chi connectivity index (χ3v) is 6.93. The van der Waals surface area contributed by atoms with Gasteiger partial charge in [-0.3, -0.25) is 9.36 Å². The van der Waals surface area contributed by atoms with E-state index < -0.39 is 0 Å². The van der Waals surface area contributed by atoms with Crippen molar-refractivity contribution in [1.29, 1.82) is 5.26 Å². The lowest BCUT2D eigenvalue weighted by Crippen LogP contribution is -2.48. The molecule has 33 heavy (non-hydrogen) atoms. The Morgan fingerprint density at radius 3 is 2.67 bits per heavy atom. The van der Waals surface area contributed by atoms with Crippen LogP contribution in [0.5, 0.6) is 0 Å². The highest BCUT2D eigenvalue weighted by Gasteiger charge is 2.23. The standard InChI is InChI=1S/C25H29N7O/c26-11-9-23(33)31-15-13-30(14-16-31)21-7-4-8-22-19(21)10-12-32(22)25-20(27)17-28-24(29-25)18-5-2-1-3-6-18/h4,7-8,10,12,17-18H,1-3,5-6,9,13-16,27H2. The predicted octanol–water partition coefficient (Wildman–Crippen LogP) is 3.61. The average Bonchev–Trinajstić information content (AvgIpc) is 3.29. The molecule has 2 aliphatic rings. The first-order chi connectivity index (χ1) is 16.2. The number of fused-ring (bicyclic) bond motifs is 1. The Morgan fingerprint density at radius 2 is 1.91 bits per heavy atom. The van der Waals surface area contributed by atoms with E-state index in [4.69, 9.17) is 16.0 Å². The molecule has 1 aromatic carbocycles. The van der Waals surface area contributed by atoms with Gasteiger partial charge in [-0.2, -0.15) is 5.26 Å². The monoisotopic (exact) mass is 443 g/mol. The zero-order valence-electron chi connectivity index (χ0n) is 18.8. The Balaban J connectivity index is 1.43. The van der Waals surface area contributed by atoms with Gasteiger partial charge in [0.05, 0.1) is 23.5 Å². The van der Waals surface area contributed by atoms with Crippen molar-refractivity contribution in [2.75, 3.05) is 36.8 Å². The smallest absolute Gasteiger partial charge is 0.236 e. The van der Waals surface area contributed by atoms with E-state index in [0.717, 1.165) is 54.2 Å². The maximum atomic E-state index is 12.0. The van der Waals surface area contributed by atoms with Crippen molar-refractivity contribution in [1.82, 2.24) is 19.4 Å². The van der Waals surface area contributed by atoms with E-state index in [9.17, 15) is 4.79 Å². The molecule has 3 aromatic rings. The van der Waals surface area contributed by atoms with E-state index >= 15 is 0 Å². The van der Waals surface area contributed by atoms with E-state index in [0.29, 0.717) is 24.7 Å². The van der Waals surface area contributed by atoms with E-state index in [-0.39, 0.29) is 12.3 Å². The van der Waals surface area contributed by atoms with Gasteiger partial charge in [-0.25, -0.2) is 9.97 Å². The topological polar surface area (TPSA) is 104 Å². The molecular weight excluding hydrogens is 414 g/mol. The lowest BCUT2D eigenvalue weighted by molar-refractivity contribution is -0.130. The molecule has 0 radical (unpaired) electrons. The molecule has 170 valence electrons. The van der Waals surface area contributed by atoms with Crippen LogP contribution in [0.1, 0.15) is 50.3 Å². The lowest BCUT2D eigenvalue weighted by atomic mass is 9.89. The van der Waals surface area contributed by atoms with Crippen LogP contribution in [0.4, 0.5) is 11.4 Å². The molecule has 2 aromatic heterocycles. The fourth-order valence-corrected chi connectivity index (χ4v) is 5.13. The number of nitriles is 1. The molecule has 0 atom stereocenters. The molecular formula is C25H29N7O. The number of piperazine rings is 1. The van der Waals surface area contributed by atoms with Gasteiger partial charge in [-0.15, -0.1) is 0 Å². The van der Waals surface area contributed by atoms with E-state index in [2.05, 4.69) is 38.7 Å². The Labute approximate surface area is 193 Å². The van der Waals surface area contributed by atoms with Crippen molar-refractivity contribution in [2.24, 2.45) is 0 Å². The van der Waals surface area contributed by atoms with Crippen LogP contribution in [0.25, 0.3) is 16.7 Å². The molecule has 0 unspecified atom stereocenters. The number of anilines is 2. The minimum absolute atomic E-state index is 0.0539. The van der Waals surface area contributed by atoms with Crippen LogP contribution < -0.4 is 10.6 Å². The quantitative estimate of drug-likeness (QED) is 0.661. The van der Waals surface area contributed by atoms with Crippen LogP contribution in [-0.4, -0.2) is 51.5 Å². The highest BCUT2D eigenvalue weighted by atomic mass is 16.2. The lowest BCUT2D eigenvalue weighted by Gasteiger charge is -2.36. The first kappa shape index (κ1) is 21.3. The molecule has 1 saturated carbocycles. The first-order valence-corrected chi connectivity index (χ1v) is 11.8. The van der Waals surface area contributed by atoms with E-state index in [1.165, 1.54) is 19.3 Å². The van der Waals surface area contributed by atoms with Gasteiger partial charge in [0.2, 0.25) is 5.91 Å². The van der Waals surface area contributed by atoms with Crippen molar-refractivity contribution in [2.45, 2.75) is 44.4 Å². The number of carbonyl (C=O) groups is 1. The summed E-state index contributed by atoms with van der Waals surface area (Å²) in [5.74, 6) is 1.96. The number of nitrogen functional groups attached to an aromatic ring is 1. The third kappa shape index (κ3) is 4.11. The molecule has 1 aliphatic carbocycles. The predicted molar refractivity (Wildman–Crippen MR) is 128 cm³/mol. The molecule has 5 rings (SSSR count). The summed E-state index contributed by atoms with van der Waals surface area (Å²) in [5.41, 5.74) is 9.09. The SMILES string of the molecule is N#CCC(=O)N1CCN(c2cccc3c2ccn3-c2nc(C3CCCCC3)ncc2N)CC1. The molecule has 8 heteroatoms. The number of amides is 1. The van der Waals surface area contributed by atoms with Gasteiger partial charge in [0.25, 0.3) is 0 Å². The van der Waals surface area contributed by atoms with Crippen molar-refractivity contribution < 1.29 is 4.79 Å². The maximum absolute atomic E-state index is 12.0. The number of hydrogen-bond acceptors (Lipinski definition) is 6. The zero-order valence-corrected chi connectivity index (χ0v) is 18.8. The Hall–Kier alpha value is -3.60. The van der Waals surface area contributed by atoms with Gasteiger partial charge >= 0.3 is 0 Å². The second-order valence-corrected chi connectivity index (χ2v) is 8.94. The van der Waals surface area contributed by atoms with Gasteiger partial charge in [-0.1, -0.05) is 25.3 Å². The second-order valence-electron chi connectivity index (χ2n) is 8.94. The minimum atomic E-state index is -0.0884. The van der Waals surface area contributed by atoms with E-state index in [1.54, 1.807) is 11.1 Å². The summed E-state index contributed by atoms with van der Waals surface area (Å²) in [6.45, 7) is 2.73. The van der Waals surface area contributed by atoms with Crippen molar-refractivity contribution in [3.05, 3.63) is 42.5 Å². The third-order valence-electron chi connectivity index (χ3n) is 6.93. The molecule has 2 fully saturated rings. The number of benzene rings is 1. The second kappa shape index (κ2) is 9.10. The summed E-state index contributed by atoms with van der Waals surface area (Å²) < 4.78 is 2.06. The molecule has 8 nitrogen and oxygen atoms in total. The number of hydrogen-bond donors (Lipinski definition) is 1. The highest BCUT2D eigenvalue weighted by Crippen LogP contribution is 2.34. The first-order valence-electron chi connectivity index (χ1n) is 11.8. The molecule has 2 N–H and O–H groups in total. The fourth-order valence-electron chi connectivity index (χ4n) is 5.13. The Kier molecular flexibility index (Phi) is 5.86. The maximum Gasteiger partial charge on any atom is 0.236 e. The van der Waals surface area contributed by atoms with Crippen molar-refractivity contribution >= 4 is 28.2 Å². The number of aromatic nitrogens is 3. The van der Waals surface area contributed by atoms with Crippen molar-refractivity contribution in [3.63, 3.8) is 0 Å². The molecule has 0 bridgehead atoms. The van der Waals surface area contributed by atoms with Crippen LogP contribution in [0.3, 0.4) is 0 Å². The van der Waals surface area contributed by atoms with Crippen molar-refractivity contribution in [3.8, 4) is 11.9 Å². The Morgan fingerprint density at radius 1 is 1.12 bits per heavy atom. The van der Waals surface area contributed by atoms with Gasteiger partial charge in [0.1, 0.15) is 12.2 Å². The summed E-state index contributed by atoms with van der Waals surface area (Å²) in [7, 11) is 0. The fraction of sp³-hybridized carbons (Fsp3) is 0.440. The Bertz CT molecular complexity index is 1200. The average molecular weight is 444 g/mol. The molecule has 1 amide bonds. The van der Waals surface area contributed by atoms with Gasteiger partial charge in [-0.05, 0) is 31.0 Å². The summed E-state index contributed by atoms with van der Waals surface area (Å²) in [5, 5.41) is 9.93. The van der Waals surface area contributed by atoms with Crippen LogP contribution in [0.2, 0.25) is 0 Å². The number of carbonyl (C=O) groups excluding carboxylic acids is 1. The highest BCUT2D eigenvalue weighted by molar-refractivity contribution is 5.94. The van der Waals surface area contributed by atoms with Crippen LogP contribution in [0, 0.1) is 11.3 Å². The molecule has 0 spiro atoms. The van der Waals surface area contributed by atoms with Gasteiger partial charge in [0, 0.05) is 49.4 Å². The summed E-state index contributed by atoms with van der Waals surface area (Å²) in [4.78, 5) is 25.6. The summed E-state index contributed by atoms with van der Waals surface area (Å²) in [6.07, 6.45) is 9.78.